The Hall–Kier alpha value is -2.82. The number of anilines is 2. The first kappa shape index (κ1) is 18.0. The van der Waals surface area contributed by atoms with Gasteiger partial charge < -0.3 is 10.2 Å². The van der Waals surface area contributed by atoms with Crippen molar-refractivity contribution in [1.29, 1.82) is 0 Å². The van der Waals surface area contributed by atoms with Gasteiger partial charge in [-0.05, 0) is 49.6 Å². The van der Waals surface area contributed by atoms with E-state index in [4.69, 9.17) is 0 Å². The smallest absolute Gasteiger partial charge is 0.324 e. The lowest BCUT2D eigenvalue weighted by atomic mass is 10.1. The molecule has 0 radical (unpaired) electrons. The number of carbonyl (C=O) groups is 2. The van der Waals surface area contributed by atoms with Crippen LogP contribution in [0.2, 0.25) is 0 Å². The molecule has 2 aromatic rings. The van der Waals surface area contributed by atoms with Crippen LogP contribution in [0.5, 0.6) is 0 Å². The minimum atomic E-state index is -0.00645. The molecule has 0 atom stereocenters. The summed E-state index contributed by atoms with van der Waals surface area (Å²) in [5.74, 6) is -0.00645. The van der Waals surface area contributed by atoms with Gasteiger partial charge in [-0.25, -0.2) is 4.79 Å². The number of rotatable bonds is 5. The van der Waals surface area contributed by atoms with E-state index >= 15 is 0 Å². The van der Waals surface area contributed by atoms with Crippen LogP contribution in [-0.2, 0) is 11.2 Å². The van der Waals surface area contributed by atoms with Crippen molar-refractivity contribution in [2.75, 3.05) is 30.4 Å². The highest BCUT2D eigenvalue weighted by atomic mass is 16.2. The Bertz CT molecular complexity index is 786. The van der Waals surface area contributed by atoms with Gasteiger partial charge in [0.15, 0.2) is 0 Å². The van der Waals surface area contributed by atoms with Crippen molar-refractivity contribution >= 4 is 23.3 Å². The maximum atomic E-state index is 12.2. The molecule has 5 nitrogen and oxygen atoms in total. The van der Waals surface area contributed by atoms with E-state index < -0.39 is 0 Å². The number of hydrogen-bond donors (Lipinski definition) is 1. The van der Waals surface area contributed by atoms with Crippen molar-refractivity contribution in [3.63, 3.8) is 0 Å². The van der Waals surface area contributed by atoms with Crippen LogP contribution in [0.4, 0.5) is 16.2 Å². The summed E-state index contributed by atoms with van der Waals surface area (Å²) in [5, 5.41) is 2.92. The molecule has 0 spiro atoms. The Labute approximate surface area is 154 Å². The van der Waals surface area contributed by atoms with Crippen molar-refractivity contribution in [3.05, 3.63) is 59.7 Å². The van der Waals surface area contributed by atoms with Gasteiger partial charge in [0.2, 0.25) is 5.91 Å². The molecule has 1 fully saturated rings. The maximum absolute atomic E-state index is 12.2. The van der Waals surface area contributed by atoms with Gasteiger partial charge in [-0.1, -0.05) is 29.8 Å². The minimum absolute atomic E-state index is 0.00645. The molecule has 0 bridgehead atoms. The molecule has 1 aliphatic rings. The standard InChI is InChI=1S/C21H25N3O2/c1-16-5-3-6-17(15-16)7-12-20(25)22-18-8-10-19(11-9-18)24-14-4-13-23(2)21(24)26/h3,5-6,8-11,15H,4,7,12-14H2,1-2H3,(H,22,25). The third-order valence-electron chi connectivity index (χ3n) is 4.62. The summed E-state index contributed by atoms with van der Waals surface area (Å²) in [6, 6.07) is 15.7. The molecule has 3 amide bonds. The number of nitrogens with one attached hydrogen (secondary N) is 1. The van der Waals surface area contributed by atoms with Crippen molar-refractivity contribution in [3.8, 4) is 0 Å². The average molecular weight is 351 g/mol. The Morgan fingerprint density at radius 1 is 1.12 bits per heavy atom. The summed E-state index contributed by atoms with van der Waals surface area (Å²) in [7, 11) is 1.82. The van der Waals surface area contributed by atoms with Crippen LogP contribution in [0.25, 0.3) is 0 Å². The Morgan fingerprint density at radius 2 is 1.88 bits per heavy atom. The zero-order chi connectivity index (χ0) is 18.5. The number of amides is 3. The van der Waals surface area contributed by atoms with Gasteiger partial charge in [-0.15, -0.1) is 0 Å². The molecule has 1 aliphatic heterocycles. The van der Waals surface area contributed by atoms with Gasteiger partial charge in [-0.2, -0.15) is 0 Å². The second kappa shape index (κ2) is 8.04. The second-order valence-corrected chi connectivity index (χ2v) is 6.79. The van der Waals surface area contributed by atoms with Crippen LogP contribution in [-0.4, -0.2) is 37.0 Å². The Balaban J connectivity index is 1.55. The van der Waals surface area contributed by atoms with Crippen LogP contribution in [0.1, 0.15) is 24.0 Å². The number of urea groups is 1. The van der Waals surface area contributed by atoms with Gasteiger partial charge in [0.1, 0.15) is 0 Å². The lowest BCUT2D eigenvalue weighted by molar-refractivity contribution is -0.116. The van der Waals surface area contributed by atoms with E-state index in [-0.39, 0.29) is 11.9 Å². The summed E-state index contributed by atoms with van der Waals surface area (Å²) < 4.78 is 0. The molecule has 0 unspecified atom stereocenters. The quantitative estimate of drug-likeness (QED) is 0.890. The summed E-state index contributed by atoms with van der Waals surface area (Å²) in [4.78, 5) is 27.9. The molecule has 0 saturated carbocycles. The van der Waals surface area contributed by atoms with Gasteiger partial charge in [0.05, 0.1) is 0 Å². The highest BCUT2D eigenvalue weighted by Gasteiger charge is 2.23. The fourth-order valence-electron chi connectivity index (χ4n) is 3.18. The number of hydrogen-bond acceptors (Lipinski definition) is 2. The van der Waals surface area contributed by atoms with E-state index in [2.05, 4.69) is 24.4 Å². The molecule has 1 heterocycles. The highest BCUT2D eigenvalue weighted by molar-refractivity contribution is 5.94. The molecule has 5 heteroatoms. The van der Waals surface area contributed by atoms with Gasteiger partial charge >= 0.3 is 6.03 Å². The second-order valence-electron chi connectivity index (χ2n) is 6.79. The van der Waals surface area contributed by atoms with Crippen molar-refractivity contribution < 1.29 is 9.59 Å². The van der Waals surface area contributed by atoms with Gasteiger partial charge in [0, 0.05) is 37.9 Å². The Kier molecular flexibility index (Phi) is 5.56. The van der Waals surface area contributed by atoms with Crippen LogP contribution in [0.3, 0.4) is 0 Å². The fourth-order valence-corrected chi connectivity index (χ4v) is 3.18. The lowest BCUT2D eigenvalue weighted by Crippen LogP contribution is -2.47. The van der Waals surface area contributed by atoms with Crippen molar-refractivity contribution in [2.24, 2.45) is 0 Å². The number of aryl methyl sites for hydroxylation is 2. The lowest BCUT2D eigenvalue weighted by Gasteiger charge is -2.33. The summed E-state index contributed by atoms with van der Waals surface area (Å²) in [5.41, 5.74) is 3.99. The maximum Gasteiger partial charge on any atom is 0.324 e. The Morgan fingerprint density at radius 3 is 2.62 bits per heavy atom. The zero-order valence-electron chi connectivity index (χ0n) is 15.4. The first-order chi connectivity index (χ1) is 12.5. The topological polar surface area (TPSA) is 52.7 Å². The van der Waals surface area contributed by atoms with Crippen LogP contribution < -0.4 is 10.2 Å². The fraction of sp³-hybridized carbons (Fsp3) is 0.333. The van der Waals surface area contributed by atoms with E-state index in [0.717, 1.165) is 37.3 Å². The van der Waals surface area contributed by atoms with E-state index in [9.17, 15) is 9.59 Å². The third kappa shape index (κ3) is 4.42. The van der Waals surface area contributed by atoms with E-state index in [1.54, 1.807) is 9.80 Å². The van der Waals surface area contributed by atoms with Crippen LogP contribution >= 0.6 is 0 Å². The molecular weight excluding hydrogens is 326 g/mol. The molecular formula is C21H25N3O2. The molecule has 136 valence electrons. The van der Waals surface area contributed by atoms with E-state index in [1.807, 2.05) is 43.4 Å². The summed E-state index contributed by atoms with van der Waals surface area (Å²) in [6.07, 6.45) is 2.13. The number of carbonyl (C=O) groups excluding carboxylic acids is 2. The molecule has 3 rings (SSSR count). The number of benzene rings is 2. The molecule has 26 heavy (non-hydrogen) atoms. The first-order valence-electron chi connectivity index (χ1n) is 9.01. The largest absolute Gasteiger partial charge is 0.327 e. The molecule has 0 aliphatic carbocycles. The van der Waals surface area contributed by atoms with E-state index in [0.29, 0.717) is 6.42 Å². The van der Waals surface area contributed by atoms with Crippen LogP contribution in [0.15, 0.2) is 48.5 Å². The minimum Gasteiger partial charge on any atom is -0.327 e. The molecule has 1 saturated heterocycles. The summed E-state index contributed by atoms with van der Waals surface area (Å²) in [6.45, 7) is 3.58. The SMILES string of the molecule is Cc1cccc(CCC(=O)Nc2ccc(N3CCCN(C)C3=O)cc2)c1. The van der Waals surface area contributed by atoms with E-state index in [1.165, 1.54) is 11.1 Å². The molecule has 1 N–H and O–H groups in total. The number of nitrogens with zero attached hydrogens (tertiary/aromatic N) is 2. The highest BCUT2D eigenvalue weighted by Crippen LogP contribution is 2.22. The first-order valence-corrected chi connectivity index (χ1v) is 9.01. The average Bonchev–Trinajstić information content (AvgIpc) is 2.63. The van der Waals surface area contributed by atoms with Crippen LogP contribution in [0, 0.1) is 6.92 Å². The predicted octanol–water partition coefficient (Wildman–Crippen LogP) is 3.83. The van der Waals surface area contributed by atoms with Crippen molar-refractivity contribution in [2.45, 2.75) is 26.2 Å². The zero-order valence-corrected chi connectivity index (χ0v) is 15.4. The van der Waals surface area contributed by atoms with Gasteiger partial charge in [0.25, 0.3) is 0 Å². The predicted molar refractivity (Wildman–Crippen MR) is 105 cm³/mol. The molecule has 0 aromatic heterocycles. The monoisotopic (exact) mass is 351 g/mol. The molecule has 2 aromatic carbocycles. The third-order valence-corrected chi connectivity index (χ3v) is 4.62. The normalized spacial score (nSPS) is 14.5. The van der Waals surface area contributed by atoms with Gasteiger partial charge in [-0.3, -0.25) is 9.69 Å². The van der Waals surface area contributed by atoms with Crippen molar-refractivity contribution in [1.82, 2.24) is 4.90 Å². The summed E-state index contributed by atoms with van der Waals surface area (Å²) >= 11 is 0.